The first kappa shape index (κ1) is 25.2. The zero-order valence-electron chi connectivity index (χ0n) is 21.0. The van der Waals surface area contributed by atoms with Crippen LogP contribution >= 0.6 is 0 Å². The Morgan fingerprint density at radius 2 is 1.76 bits per heavy atom. The van der Waals surface area contributed by atoms with Crippen molar-refractivity contribution in [3.05, 3.63) is 72.6 Å². The third-order valence-corrected chi connectivity index (χ3v) is 6.38. The van der Waals surface area contributed by atoms with Crippen molar-refractivity contribution in [2.45, 2.75) is 32.1 Å². The summed E-state index contributed by atoms with van der Waals surface area (Å²) in [4.78, 5) is 34.1. The molecule has 10 nitrogen and oxygen atoms in total. The van der Waals surface area contributed by atoms with Gasteiger partial charge in [-0.2, -0.15) is 4.98 Å². The Morgan fingerprint density at radius 3 is 2.42 bits per heavy atom. The number of ether oxygens (including phenoxy) is 1. The molecular formula is C28H30N6O4. The lowest BCUT2D eigenvalue weighted by Gasteiger charge is -2.32. The number of aromatic nitrogens is 4. The number of nitrogens with zero attached hydrogens (tertiary/aromatic N) is 5. The van der Waals surface area contributed by atoms with E-state index in [4.69, 9.17) is 9.84 Å². The molecule has 38 heavy (non-hydrogen) atoms. The lowest BCUT2D eigenvalue weighted by Crippen LogP contribution is -2.39. The van der Waals surface area contributed by atoms with Gasteiger partial charge in [-0.05, 0) is 55.2 Å². The lowest BCUT2D eigenvalue weighted by atomic mass is 9.97. The fraction of sp³-hybridized carbons (Fsp3) is 0.321. The van der Waals surface area contributed by atoms with Crippen molar-refractivity contribution in [3.63, 3.8) is 0 Å². The standard InChI is InChI=1S/C25H24N6O4.C3H6/c32-23(30-13-10-17(11-14-30)16-35-20-3-2-12-26-15-20)19-8-6-18(7-9-19)21-4-1-5-22-27-24(28-25(33)34)29-31(21)22;1-2-3-1/h1-9,12,15,17H,10-11,13-14,16H2,(H,28,29)(H,33,34);1-3H2. The molecule has 0 atom stereocenters. The van der Waals surface area contributed by atoms with E-state index in [-0.39, 0.29) is 11.9 Å². The van der Waals surface area contributed by atoms with Crippen LogP contribution in [-0.2, 0) is 0 Å². The smallest absolute Gasteiger partial charge is 0.411 e. The van der Waals surface area contributed by atoms with Gasteiger partial charge in [-0.15, -0.1) is 5.10 Å². The normalized spacial score (nSPS) is 14.9. The molecule has 2 aliphatic rings. The highest BCUT2D eigenvalue weighted by Gasteiger charge is 2.24. The van der Waals surface area contributed by atoms with Gasteiger partial charge in [-0.3, -0.25) is 15.1 Å². The Hall–Kier alpha value is -4.47. The number of fused-ring (bicyclic) bond motifs is 1. The quantitative estimate of drug-likeness (QED) is 0.372. The second-order valence-corrected chi connectivity index (χ2v) is 9.42. The number of hydrogen-bond donors (Lipinski definition) is 2. The van der Waals surface area contributed by atoms with Crippen molar-refractivity contribution < 1.29 is 19.4 Å². The van der Waals surface area contributed by atoms with Gasteiger partial charge in [0.1, 0.15) is 5.75 Å². The fourth-order valence-electron chi connectivity index (χ4n) is 4.19. The van der Waals surface area contributed by atoms with Gasteiger partial charge in [-0.1, -0.05) is 37.5 Å². The predicted octanol–water partition coefficient (Wildman–Crippen LogP) is 4.98. The average Bonchev–Trinajstić information content (AvgIpc) is 3.78. The first-order valence-electron chi connectivity index (χ1n) is 12.8. The van der Waals surface area contributed by atoms with E-state index in [9.17, 15) is 9.59 Å². The van der Waals surface area contributed by atoms with Gasteiger partial charge in [-0.25, -0.2) is 9.31 Å². The zero-order valence-corrected chi connectivity index (χ0v) is 21.0. The van der Waals surface area contributed by atoms with Crippen LogP contribution in [0.2, 0.25) is 0 Å². The summed E-state index contributed by atoms with van der Waals surface area (Å²) in [5.74, 6) is 1.19. The van der Waals surface area contributed by atoms with E-state index in [1.807, 2.05) is 41.3 Å². The van der Waals surface area contributed by atoms with Gasteiger partial charge in [0.15, 0.2) is 5.65 Å². The van der Waals surface area contributed by atoms with Gasteiger partial charge in [0, 0.05) is 30.4 Å². The predicted molar refractivity (Wildman–Crippen MR) is 142 cm³/mol. The van der Waals surface area contributed by atoms with E-state index < -0.39 is 6.09 Å². The summed E-state index contributed by atoms with van der Waals surface area (Å²) in [6, 6.07) is 16.5. The van der Waals surface area contributed by atoms with Crippen LogP contribution in [0, 0.1) is 5.92 Å². The fourth-order valence-corrected chi connectivity index (χ4v) is 4.19. The molecule has 4 aromatic rings. The SMILES string of the molecule is C1CC1.O=C(O)Nc1nc2cccc(-c3ccc(C(=O)N4CCC(COc5cccnc5)CC4)cc3)n2n1. The topological polar surface area (TPSA) is 122 Å². The van der Waals surface area contributed by atoms with Gasteiger partial charge < -0.3 is 14.7 Å². The number of likely N-dealkylation sites (tertiary alicyclic amines) is 1. The minimum absolute atomic E-state index is 0.00554. The van der Waals surface area contributed by atoms with E-state index in [1.165, 1.54) is 19.3 Å². The van der Waals surface area contributed by atoms with Gasteiger partial charge in [0.2, 0.25) is 0 Å². The average molecular weight is 515 g/mol. The van der Waals surface area contributed by atoms with Gasteiger partial charge in [0.05, 0.1) is 18.5 Å². The Labute approximate surface area is 220 Å². The molecule has 1 aromatic carbocycles. The molecule has 2 N–H and O–H groups in total. The minimum atomic E-state index is -1.23. The zero-order chi connectivity index (χ0) is 26.3. The number of carboxylic acid groups (broad SMARTS) is 1. The molecule has 1 saturated carbocycles. The van der Waals surface area contributed by atoms with Crippen molar-refractivity contribution in [2.24, 2.45) is 5.92 Å². The van der Waals surface area contributed by atoms with Crippen LogP contribution in [0.25, 0.3) is 16.9 Å². The number of hydrogen-bond acceptors (Lipinski definition) is 6. The lowest BCUT2D eigenvalue weighted by molar-refractivity contribution is 0.0661. The number of carbonyl (C=O) groups excluding carboxylic acids is 1. The summed E-state index contributed by atoms with van der Waals surface area (Å²) < 4.78 is 7.39. The molecule has 10 heteroatoms. The van der Waals surface area contributed by atoms with Crippen molar-refractivity contribution in [3.8, 4) is 17.0 Å². The van der Waals surface area contributed by atoms with E-state index >= 15 is 0 Å². The number of anilines is 1. The first-order valence-corrected chi connectivity index (χ1v) is 12.8. The van der Waals surface area contributed by atoms with Crippen molar-refractivity contribution in [1.29, 1.82) is 0 Å². The first-order chi connectivity index (χ1) is 18.6. The van der Waals surface area contributed by atoms with E-state index in [2.05, 4.69) is 20.4 Å². The number of amides is 2. The Bertz CT molecular complexity index is 1380. The second-order valence-electron chi connectivity index (χ2n) is 9.42. The summed E-state index contributed by atoms with van der Waals surface area (Å²) in [5.41, 5.74) is 2.71. The summed E-state index contributed by atoms with van der Waals surface area (Å²) in [7, 11) is 0. The number of benzene rings is 1. The summed E-state index contributed by atoms with van der Waals surface area (Å²) in [6.45, 7) is 2.01. The number of rotatable bonds is 6. The van der Waals surface area contributed by atoms with E-state index in [0.717, 1.165) is 29.8 Å². The third kappa shape index (κ3) is 6.44. The molecule has 1 aliphatic carbocycles. The largest absolute Gasteiger partial charge is 0.492 e. The van der Waals surface area contributed by atoms with Gasteiger partial charge in [0.25, 0.3) is 11.9 Å². The Morgan fingerprint density at radius 1 is 1.00 bits per heavy atom. The Kier molecular flexibility index (Phi) is 7.77. The molecule has 2 amide bonds. The number of piperidine rings is 1. The van der Waals surface area contributed by atoms with Crippen LogP contribution in [0.15, 0.2) is 67.0 Å². The molecule has 196 valence electrons. The van der Waals surface area contributed by atoms with Crippen molar-refractivity contribution in [2.75, 3.05) is 25.0 Å². The summed E-state index contributed by atoms with van der Waals surface area (Å²) >= 11 is 0. The third-order valence-electron chi connectivity index (χ3n) is 6.38. The maximum absolute atomic E-state index is 13.0. The monoisotopic (exact) mass is 514 g/mol. The molecule has 0 unspecified atom stereocenters. The molecular weight excluding hydrogens is 484 g/mol. The molecule has 0 radical (unpaired) electrons. The van der Waals surface area contributed by atoms with Crippen molar-refractivity contribution >= 4 is 23.6 Å². The number of pyridine rings is 2. The number of nitrogens with one attached hydrogen (secondary N) is 1. The molecule has 1 aliphatic heterocycles. The highest BCUT2D eigenvalue weighted by atomic mass is 16.5. The second kappa shape index (κ2) is 11.7. The minimum Gasteiger partial charge on any atom is -0.492 e. The van der Waals surface area contributed by atoms with Crippen LogP contribution in [-0.4, -0.2) is 61.3 Å². The highest BCUT2D eigenvalue weighted by Crippen LogP contribution is 2.24. The molecule has 3 aromatic heterocycles. The molecule has 2 fully saturated rings. The highest BCUT2D eigenvalue weighted by molar-refractivity contribution is 5.94. The van der Waals surface area contributed by atoms with Crippen LogP contribution in [0.5, 0.6) is 5.75 Å². The van der Waals surface area contributed by atoms with E-state index in [0.29, 0.717) is 36.8 Å². The summed E-state index contributed by atoms with van der Waals surface area (Å²) in [6.07, 6.45) is 8.48. The maximum atomic E-state index is 13.0. The van der Waals surface area contributed by atoms with E-state index in [1.54, 1.807) is 35.1 Å². The molecule has 1 saturated heterocycles. The summed E-state index contributed by atoms with van der Waals surface area (Å²) in [5, 5.41) is 15.3. The van der Waals surface area contributed by atoms with Crippen molar-refractivity contribution in [1.82, 2.24) is 24.5 Å². The van der Waals surface area contributed by atoms with Gasteiger partial charge >= 0.3 is 6.09 Å². The Balaban J connectivity index is 0.000000916. The van der Waals surface area contributed by atoms with Crippen LogP contribution in [0.1, 0.15) is 42.5 Å². The number of carbonyl (C=O) groups is 2. The maximum Gasteiger partial charge on any atom is 0.411 e. The van der Waals surface area contributed by atoms with Crippen LogP contribution < -0.4 is 10.1 Å². The molecule has 0 spiro atoms. The molecule has 4 heterocycles. The van der Waals surface area contributed by atoms with Crippen LogP contribution in [0.4, 0.5) is 10.7 Å². The molecule has 6 rings (SSSR count). The van der Waals surface area contributed by atoms with Crippen LogP contribution in [0.3, 0.4) is 0 Å². The molecule has 0 bridgehead atoms.